The molecule has 3 aromatic rings. The van der Waals surface area contributed by atoms with Gasteiger partial charge in [0.15, 0.2) is 5.13 Å². The Morgan fingerprint density at radius 1 is 1.19 bits per heavy atom. The molecule has 0 spiro atoms. The van der Waals surface area contributed by atoms with E-state index in [2.05, 4.69) is 15.6 Å². The van der Waals surface area contributed by atoms with Gasteiger partial charge in [-0.2, -0.15) is 0 Å². The number of carbonyl (C=O) groups excluding carboxylic acids is 1. The van der Waals surface area contributed by atoms with E-state index in [-0.39, 0.29) is 24.3 Å². The molecule has 1 aromatic heterocycles. The lowest BCUT2D eigenvalue weighted by Gasteiger charge is -2.13. The van der Waals surface area contributed by atoms with Crippen LogP contribution in [0.15, 0.2) is 53.9 Å². The van der Waals surface area contributed by atoms with Crippen molar-refractivity contribution in [1.29, 1.82) is 0 Å². The van der Waals surface area contributed by atoms with Crippen molar-refractivity contribution in [3.05, 3.63) is 70.3 Å². The Morgan fingerprint density at radius 3 is 2.58 bits per heavy atom. The first-order valence-corrected chi connectivity index (χ1v) is 9.27. The van der Waals surface area contributed by atoms with Crippen LogP contribution in [0.1, 0.15) is 18.5 Å². The summed E-state index contributed by atoms with van der Waals surface area (Å²) in [5, 5.41) is 8.95. The van der Waals surface area contributed by atoms with Crippen LogP contribution in [-0.2, 0) is 4.79 Å². The van der Waals surface area contributed by atoms with Gasteiger partial charge in [0.05, 0.1) is 12.2 Å². The number of aromatic nitrogens is 1. The highest BCUT2D eigenvalue weighted by atomic mass is 35.5. The lowest BCUT2D eigenvalue weighted by Crippen LogP contribution is -2.30. The average Bonchev–Trinajstić information content (AvgIpc) is 3.09. The summed E-state index contributed by atoms with van der Waals surface area (Å²) in [5.74, 6) is -0.468. The summed E-state index contributed by atoms with van der Waals surface area (Å²) in [6.07, 6.45) is 0. The van der Waals surface area contributed by atoms with Gasteiger partial charge in [0, 0.05) is 22.0 Å². The van der Waals surface area contributed by atoms with Gasteiger partial charge in [-0.3, -0.25) is 4.79 Å². The zero-order chi connectivity index (χ0) is 18.5. The molecular formula is C19H17ClFN3OS. The predicted octanol–water partition coefficient (Wildman–Crippen LogP) is 4.89. The highest BCUT2D eigenvalue weighted by Crippen LogP contribution is 2.25. The number of hydrogen-bond acceptors (Lipinski definition) is 4. The van der Waals surface area contributed by atoms with Crippen LogP contribution in [-0.4, -0.2) is 17.4 Å². The van der Waals surface area contributed by atoms with E-state index in [4.69, 9.17) is 11.6 Å². The second kappa shape index (κ2) is 8.40. The van der Waals surface area contributed by atoms with E-state index >= 15 is 0 Å². The molecule has 0 fully saturated rings. The van der Waals surface area contributed by atoms with Crippen molar-refractivity contribution in [2.75, 3.05) is 11.9 Å². The molecule has 0 radical (unpaired) electrons. The summed E-state index contributed by atoms with van der Waals surface area (Å²) in [6.45, 7) is 2.14. The van der Waals surface area contributed by atoms with Gasteiger partial charge in [-0.25, -0.2) is 9.37 Å². The Hall–Kier alpha value is -2.28. The molecule has 2 N–H and O–H groups in total. The Kier molecular flexibility index (Phi) is 5.98. The molecule has 1 unspecified atom stereocenters. The number of amides is 1. The molecule has 0 saturated heterocycles. The Balaban J connectivity index is 1.53. The fourth-order valence-electron chi connectivity index (χ4n) is 2.36. The summed E-state index contributed by atoms with van der Waals surface area (Å²) in [5.41, 5.74) is 2.56. The molecule has 4 nitrogen and oxygen atoms in total. The van der Waals surface area contributed by atoms with Crippen molar-refractivity contribution in [1.82, 2.24) is 10.3 Å². The van der Waals surface area contributed by atoms with Crippen LogP contribution >= 0.6 is 22.9 Å². The quantitative estimate of drug-likeness (QED) is 0.631. The zero-order valence-corrected chi connectivity index (χ0v) is 15.6. The Labute approximate surface area is 160 Å². The molecular weight excluding hydrogens is 373 g/mol. The molecule has 1 atom stereocenters. The largest absolute Gasteiger partial charge is 0.302 e. The molecule has 0 bridgehead atoms. The number of thiazole rings is 1. The molecule has 1 amide bonds. The van der Waals surface area contributed by atoms with E-state index in [0.717, 1.165) is 11.1 Å². The van der Waals surface area contributed by atoms with Gasteiger partial charge in [0.1, 0.15) is 5.82 Å². The number of halogens is 2. The maximum Gasteiger partial charge on any atom is 0.240 e. The maximum atomic E-state index is 13.0. The first-order chi connectivity index (χ1) is 12.5. The molecule has 7 heteroatoms. The Bertz CT molecular complexity index is 881. The predicted molar refractivity (Wildman–Crippen MR) is 104 cm³/mol. The first kappa shape index (κ1) is 18.5. The number of nitrogens with zero attached hydrogens (tertiary/aromatic N) is 1. The van der Waals surface area contributed by atoms with Gasteiger partial charge in [-0.05, 0) is 48.9 Å². The number of benzene rings is 2. The second-order valence-electron chi connectivity index (χ2n) is 5.75. The summed E-state index contributed by atoms with van der Waals surface area (Å²) in [4.78, 5) is 16.5. The van der Waals surface area contributed by atoms with E-state index in [1.54, 1.807) is 12.1 Å². The maximum absolute atomic E-state index is 13.0. The van der Waals surface area contributed by atoms with E-state index in [1.807, 2.05) is 36.6 Å². The summed E-state index contributed by atoms with van der Waals surface area (Å²) < 4.78 is 13.0. The van der Waals surface area contributed by atoms with Crippen molar-refractivity contribution in [3.63, 3.8) is 0 Å². The second-order valence-corrected chi connectivity index (χ2v) is 7.04. The number of anilines is 1. The molecule has 2 aromatic carbocycles. The van der Waals surface area contributed by atoms with Crippen molar-refractivity contribution < 1.29 is 9.18 Å². The number of carbonyl (C=O) groups is 1. The van der Waals surface area contributed by atoms with Gasteiger partial charge >= 0.3 is 0 Å². The van der Waals surface area contributed by atoms with Gasteiger partial charge in [0.2, 0.25) is 5.91 Å². The monoisotopic (exact) mass is 389 g/mol. The van der Waals surface area contributed by atoms with Crippen molar-refractivity contribution in [2.24, 2.45) is 0 Å². The van der Waals surface area contributed by atoms with E-state index in [9.17, 15) is 9.18 Å². The van der Waals surface area contributed by atoms with Gasteiger partial charge in [0.25, 0.3) is 0 Å². The molecule has 3 rings (SSSR count). The number of hydrogen-bond donors (Lipinski definition) is 2. The van der Waals surface area contributed by atoms with Crippen LogP contribution < -0.4 is 10.6 Å². The third kappa shape index (κ3) is 4.88. The van der Waals surface area contributed by atoms with Gasteiger partial charge in [-0.1, -0.05) is 23.7 Å². The fourth-order valence-corrected chi connectivity index (χ4v) is 3.22. The molecule has 0 aliphatic carbocycles. The Morgan fingerprint density at radius 2 is 1.88 bits per heavy atom. The van der Waals surface area contributed by atoms with Crippen LogP contribution in [0.25, 0.3) is 11.3 Å². The fraction of sp³-hybridized carbons (Fsp3) is 0.158. The van der Waals surface area contributed by atoms with E-state index in [1.165, 1.54) is 23.5 Å². The summed E-state index contributed by atoms with van der Waals surface area (Å²) in [6, 6.07) is 13.6. The molecule has 0 aliphatic rings. The molecule has 26 heavy (non-hydrogen) atoms. The average molecular weight is 390 g/mol. The molecule has 0 saturated carbocycles. The van der Waals surface area contributed by atoms with Gasteiger partial charge < -0.3 is 10.6 Å². The van der Waals surface area contributed by atoms with Crippen LogP contribution in [0.2, 0.25) is 5.02 Å². The summed E-state index contributed by atoms with van der Waals surface area (Å²) in [7, 11) is 0. The smallest absolute Gasteiger partial charge is 0.240 e. The lowest BCUT2D eigenvalue weighted by atomic mass is 10.1. The molecule has 0 aliphatic heterocycles. The lowest BCUT2D eigenvalue weighted by molar-refractivity contribution is -0.115. The normalized spacial score (nSPS) is 12.0. The van der Waals surface area contributed by atoms with Crippen molar-refractivity contribution in [2.45, 2.75) is 13.0 Å². The molecule has 1 heterocycles. The minimum atomic E-state index is -0.293. The topological polar surface area (TPSA) is 54.0 Å². The third-order valence-corrected chi connectivity index (χ3v) is 4.84. The minimum Gasteiger partial charge on any atom is -0.302 e. The van der Waals surface area contributed by atoms with Crippen LogP contribution in [0.3, 0.4) is 0 Å². The van der Waals surface area contributed by atoms with Gasteiger partial charge in [-0.15, -0.1) is 11.3 Å². The van der Waals surface area contributed by atoms with E-state index < -0.39 is 0 Å². The van der Waals surface area contributed by atoms with Crippen LogP contribution in [0.4, 0.5) is 9.52 Å². The molecule has 134 valence electrons. The van der Waals surface area contributed by atoms with Crippen LogP contribution in [0, 0.1) is 5.82 Å². The van der Waals surface area contributed by atoms with Crippen LogP contribution in [0.5, 0.6) is 0 Å². The van der Waals surface area contributed by atoms with Crippen molar-refractivity contribution in [3.8, 4) is 11.3 Å². The number of rotatable bonds is 6. The summed E-state index contributed by atoms with van der Waals surface area (Å²) >= 11 is 7.21. The highest BCUT2D eigenvalue weighted by Gasteiger charge is 2.10. The highest BCUT2D eigenvalue weighted by molar-refractivity contribution is 7.14. The first-order valence-electron chi connectivity index (χ1n) is 8.01. The minimum absolute atomic E-state index is 0.0177. The SMILES string of the molecule is CC(NCC(=O)Nc1nc(-c2ccc(F)cc2)cs1)c1ccc(Cl)cc1. The zero-order valence-electron chi connectivity index (χ0n) is 14.0. The van der Waals surface area contributed by atoms with E-state index in [0.29, 0.717) is 15.8 Å². The standard InChI is InChI=1S/C19H17ClFN3OS/c1-12(13-2-6-15(20)7-3-13)22-10-18(25)24-19-23-17(11-26-19)14-4-8-16(21)9-5-14/h2-9,11-12,22H,10H2,1H3,(H,23,24,25). The number of nitrogens with one attached hydrogen (secondary N) is 2. The van der Waals surface area contributed by atoms with Crippen molar-refractivity contribution >= 4 is 34.0 Å². The third-order valence-electron chi connectivity index (χ3n) is 3.83.